The van der Waals surface area contributed by atoms with E-state index in [1.165, 1.54) is 24.3 Å². The van der Waals surface area contributed by atoms with E-state index in [9.17, 15) is 13.8 Å². The third-order valence-electron chi connectivity index (χ3n) is 5.72. The van der Waals surface area contributed by atoms with Gasteiger partial charge in [0.2, 0.25) is 0 Å². The van der Waals surface area contributed by atoms with Crippen LogP contribution < -0.4 is 10.2 Å². The molecule has 186 valence electrons. The summed E-state index contributed by atoms with van der Waals surface area (Å²) in [5.74, 6) is -0.740. The Kier molecular flexibility index (Phi) is 6.83. The monoisotopic (exact) mass is 539 g/mol. The van der Waals surface area contributed by atoms with E-state index in [1.807, 2.05) is 49.4 Å². The molecule has 3 heterocycles. The third-order valence-corrected chi connectivity index (χ3v) is 6.99. The molecule has 10 heteroatoms. The molecular weight excluding hydrogens is 522 g/mol. The van der Waals surface area contributed by atoms with E-state index in [0.717, 1.165) is 17.2 Å². The second-order valence-electron chi connectivity index (χ2n) is 8.35. The summed E-state index contributed by atoms with van der Waals surface area (Å²) in [6.07, 6.45) is 0. The fourth-order valence-corrected chi connectivity index (χ4v) is 4.99. The number of hydrogen-bond acceptors (Lipinski definition) is 6. The summed E-state index contributed by atoms with van der Waals surface area (Å²) in [6.45, 7) is 1.82. The average Bonchev–Trinajstić information content (AvgIpc) is 2.92. The maximum Gasteiger partial charge on any atom is 0.279 e. The van der Waals surface area contributed by atoms with E-state index >= 15 is 0 Å². The zero-order valence-corrected chi connectivity index (χ0v) is 21.4. The first-order chi connectivity index (χ1) is 18.3. The molecule has 5 rings (SSSR count). The molecule has 8 nitrogen and oxygen atoms in total. The first-order valence-corrected chi connectivity index (χ1v) is 12.9. The summed E-state index contributed by atoms with van der Waals surface area (Å²) < 4.78 is 15.0. The van der Waals surface area contributed by atoms with Crippen molar-refractivity contribution in [3.8, 4) is 28.5 Å². The number of nitrogens with one attached hydrogen (secondary N) is 2. The molecule has 0 fully saturated rings. The molecule has 0 spiro atoms. The molecule has 3 aromatic heterocycles. The van der Waals surface area contributed by atoms with E-state index in [0.29, 0.717) is 32.6 Å². The fraction of sp³-hybridized carbons (Fsp3) is 0.0357. The van der Waals surface area contributed by atoms with Crippen LogP contribution in [-0.2, 0) is 11.0 Å². The van der Waals surface area contributed by atoms with Crippen LogP contribution in [0.25, 0.3) is 33.4 Å². The second-order valence-corrected chi connectivity index (χ2v) is 9.95. The van der Waals surface area contributed by atoms with Crippen LogP contribution in [0.4, 0.5) is 0 Å². The standard InChI is InChI=1S/C28H18ClN5O3S/c1-16-11-19(12-25(29)31-16)21-13-22-24(35)14-23(32-27(22)33-26(21)18-5-3-2-4-6-18)28(36)34-38(37)20-9-7-17(15-30)8-10-20/h2-14H,1H3,(H,34,36)(H,32,33,35). The molecule has 0 aliphatic heterocycles. The van der Waals surface area contributed by atoms with Gasteiger partial charge in [0.1, 0.15) is 16.5 Å². The number of hydrogen-bond donors (Lipinski definition) is 2. The fourth-order valence-electron chi connectivity index (χ4n) is 3.96. The first kappa shape index (κ1) is 25.0. The summed E-state index contributed by atoms with van der Waals surface area (Å²) in [5.41, 5.74) is 3.59. The van der Waals surface area contributed by atoms with Gasteiger partial charge < -0.3 is 4.98 Å². The highest BCUT2D eigenvalue weighted by Gasteiger charge is 2.18. The van der Waals surface area contributed by atoms with Gasteiger partial charge in [0, 0.05) is 22.9 Å². The van der Waals surface area contributed by atoms with Gasteiger partial charge in [-0.25, -0.2) is 14.2 Å². The number of pyridine rings is 3. The smallest absolute Gasteiger partial charge is 0.279 e. The lowest BCUT2D eigenvalue weighted by Gasteiger charge is -2.13. The predicted molar refractivity (Wildman–Crippen MR) is 146 cm³/mol. The van der Waals surface area contributed by atoms with Crippen molar-refractivity contribution < 1.29 is 9.00 Å². The number of aryl methyl sites for hydroxylation is 1. The van der Waals surface area contributed by atoms with Crippen molar-refractivity contribution in [2.45, 2.75) is 11.8 Å². The minimum Gasteiger partial charge on any atom is -0.335 e. The van der Waals surface area contributed by atoms with Crippen molar-refractivity contribution in [1.82, 2.24) is 19.7 Å². The number of H-pyrrole nitrogens is 1. The Hall–Kier alpha value is -4.65. The second kappa shape index (κ2) is 10.4. The maximum atomic E-state index is 13.1. The van der Waals surface area contributed by atoms with E-state index in [2.05, 4.69) is 14.7 Å². The van der Waals surface area contributed by atoms with Crippen LogP contribution in [0.2, 0.25) is 5.15 Å². The number of nitriles is 1. The summed E-state index contributed by atoms with van der Waals surface area (Å²) in [7, 11) is -1.90. The van der Waals surface area contributed by atoms with Crippen LogP contribution in [0.5, 0.6) is 0 Å². The van der Waals surface area contributed by atoms with Crippen molar-refractivity contribution in [3.63, 3.8) is 0 Å². The van der Waals surface area contributed by atoms with Crippen LogP contribution in [0.15, 0.2) is 88.6 Å². The molecule has 1 atom stereocenters. The summed E-state index contributed by atoms with van der Waals surface area (Å²) in [6, 6.07) is 23.8. The summed E-state index contributed by atoms with van der Waals surface area (Å²) >= 11 is 6.22. The van der Waals surface area contributed by atoms with Gasteiger partial charge in [0.05, 0.1) is 27.6 Å². The highest BCUT2D eigenvalue weighted by molar-refractivity contribution is 7.83. The Labute approximate surface area is 224 Å². The average molecular weight is 540 g/mol. The van der Waals surface area contributed by atoms with E-state index in [4.69, 9.17) is 21.8 Å². The van der Waals surface area contributed by atoms with Crippen molar-refractivity contribution >= 4 is 39.5 Å². The number of carbonyl (C=O) groups excluding carboxylic acids is 1. The summed E-state index contributed by atoms with van der Waals surface area (Å²) in [5, 5.41) is 9.52. The quantitative estimate of drug-likeness (QED) is 0.304. The van der Waals surface area contributed by atoms with Crippen molar-refractivity contribution in [2.75, 3.05) is 0 Å². The van der Waals surface area contributed by atoms with Crippen LogP contribution in [-0.4, -0.2) is 25.1 Å². The Bertz CT molecular complexity index is 1810. The van der Waals surface area contributed by atoms with Crippen LogP contribution >= 0.6 is 11.6 Å². The highest BCUT2D eigenvalue weighted by atomic mass is 35.5. The molecule has 0 saturated carbocycles. The molecule has 1 unspecified atom stereocenters. The Morgan fingerprint density at radius 3 is 2.42 bits per heavy atom. The minimum atomic E-state index is -1.90. The zero-order valence-electron chi connectivity index (χ0n) is 19.9. The van der Waals surface area contributed by atoms with E-state index in [1.54, 1.807) is 12.1 Å². The van der Waals surface area contributed by atoms with Gasteiger partial charge in [0.15, 0.2) is 16.4 Å². The number of rotatable bonds is 5. The topological polar surface area (TPSA) is 129 Å². The first-order valence-electron chi connectivity index (χ1n) is 11.3. The SMILES string of the molecule is Cc1cc(-c2cc3c(=O)cc(C(=O)NS(=O)c4ccc(C#N)cc4)[nH]c3nc2-c2ccccc2)cc(Cl)n1. The number of aromatic nitrogens is 3. The lowest BCUT2D eigenvalue weighted by molar-refractivity contribution is 0.0978. The molecule has 38 heavy (non-hydrogen) atoms. The Morgan fingerprint density at radius 2 is 1.74 bits per heavy atom. The number of halogens is 1. The van der Waals surface area contributed by atoms with Crippen molar-refractivity contribution in [2.24, 2.45) is 0 Å². The number of benzene rings is 2. The van der Waals surface area contributed by atoms with Gasteiger partial charge in [-0.05, 0) is 55.0 Å². The number of carbonyl (C=O) groups is 1. The lowest BCUT2D eigenvalue weighted by atomic mass is 9.98. The van der Waals surface area contributed by atoms with Gasteiger partial charge in [-0.1, -0.05) is 41.9 Å². The van der Waals surface area contributed by atoms with Crippen molar-refractivity contribution in [3.05, 3.63) is 111 Å². The van der Waals surface area contributed by atoms with E-state index < -0.39 is 22.3 Å². The minimum absolute atomic E-state index is 0.0912. The van der Waals surface area contributed by atoms with Crippen molar-refractivity contribution in [1.29, 1.82) is 5.26 Å². The zero-order chi connectivity index (χ0) is 26.8. The molecule has 1 amide bonds. The predicted octanol–water partition coefficient (Wildman–Crippen LogP) is 4.94. The summed E-state index contributed by atoms with van der Waals surface area (Å²) in [4.78, 5) is 38.2. The number of amides is 1. The van der Waals surface area contributed by atoms with Gasteiger partial charge >= 0.3 is 0 Å². The number of aromatic amines is 1. The van der Waals surface area contributed by atoms with Gasteiger partial charge in [-0.2, -0.15) is 5.26 Å². The largest absolute Gasteiger partial charge is 0.335 e. The maximum absolute atomic E-state index is 13.1. The highest BCUT2D eigenvalue weighted by Crippen LogP contribution is 2.33. The molecule has 5 aromatic rings. The molecule has 0 bridgehead atoms. The number of nitrogens with zero attached hydrogens (tertiary/aromatic N) is 3. The van der Waals surface area contributed by atoms with E-state index in [-0.39, 0.29) is 16.7 Å². The molecule has 2 N–H and O–H groups in total. The third kappa shape index (κ3) is 5.09. The van der Waals surface area contributed by atoms with Crippen LogP contribution in [0, 0.1) is 18.3 Å². The number of fused-ring (bicyclic) bond motifs is 1. The molecule has 0 aliphatic carbocycles. The lowest BCUT2D eigenvalue weighted by Crippen LogP contribution is -2.27. The molecule has 0 saturated heterocycles. The van der Waals surface area contributed by atoms with Gasteiger partial charge in [0.25, 0.3) is 5.91 Å². The molecular formula is C28H18ClN5O3S. The molecule has 0 aliphatic rings. The molecule has 0 radical (unpaired) electrons. The van der Waals surface area contributed by atoms with Crippen LogP contribution in [0.1, 0.15) is 21.7 Å². The van der Waals surface area contributed by atoms with Crippen LogP contribution in [0.3, 0.4) is 0 Å². The van der Waals surface area contributed by atoms with Gasteiger partial charge in [-0.15, -0.1) is 0 Å². The Morgan fingerprint density at radius 1 is 1.00 bits per heavy atom. The normalized spacial score (nSPS) is 11.6. The Balaban J connectivity index is 1.59. The van der Waals surface area contributed by atoms with Gasteiger partial charge in [-0.3, -0.25) is 14.3 Å². The molecule has 2 aromatic carbocycles.